The Kier molecular flexibility index (Phi) is 3.52. The number of aromatic nitrogens is 2. The van der Waals surface area contributed by atoms with Crippen molar-refractivity contribution in [3.8, 4) is 17.2 Å². The normalized spacial score (nSPS) is 17.4. The third kappa shape index (κ3) is 2.38. The first-order valence-electron chi connectivity index (χ1n) is 8.48. The number of hydrogen-bond acceptors (Lipinski definition) is 4. The molecule has 5 nitrogen and oxygen atoms in total. The smallest absolute Gasteiger partial charge is 0.142 e. The molecule has 1 atom stereocenters. The lowest BCUT2D eigenvalue weighted by Gasteiger charge is -2.31. The van der Waals surface area contributed by atoms with Crippen molar-refractivity contribution in [3.63, 3.8) is 0 Å². The highest BCUT2D eigenvalue weighted by Gasteiger charge is 2.28. The third-order valence-corrected chi connectivity index (χ3v) is 5.06. The van der Waals surface area contributed by atoms with Gasteiger partial charge in [-0.05, 0) is 31.2 Å². The van der Waals surface area contributed by atoms with E-state index in [4.69, 9.17) is 5.73 Å². The fourth-order valence-electron chi connectivity index (χ4n) is 3.97. The van der Waals surface area contributed by atoms with Gasteiger partial charge in [-0.15, -0.1) is 0 Å². The summed E-state index contributed by atoms with van der Waals surface area (Å²) in [5.41, 5.74) is 13.0. The molecule has 0 unspecified atom stereocenters. The number of nitrogens with two attached hydrogens (primary N) is 1. The SMILES string of the molecule is Cc1ccc2c(-c3c(C#N)c(N)nc4c3CN(C)C[C@@H]4C)c[nH]c2c1. The summed E-state index contributed by atoms with van der Waals surface area (Å²) < 4.78 is 0. The fourth-order valence-corrected chi connectivity index (χ4v) is 3.97. The number of aromatic amines is 1. The van der Waals surface area contributed by atoms with Crippen molar-refractivity contribution in [2.24, 2.45) is 0 Å². The summed E-state index contributed by atoms with van der Waals surface area (Å²) in [7, 11) is 2.10. The van der Waals surface area contributed by atoms with Gasteiger partial charge < -0.3 is 15.6 Å². The van der Waals surface area contributed by atoms with Crippen molar-refractivity contribution in [2.45, 2.75) is 26.3 Å². The van der Waals surface area contributed by atoms with E-state index in [2.05, 4.69) is 60.0 Å². The minimum Gasteiger partial charge on any atom is -0.383 e. The summed E-state index contributed by atoms with van der Waals surface area (Å²) in [6, 6.07) is 8.61. The average molecular weight is 331 g/mol. The second-order valence-corrected chi connectivity index (χ2v) is 7.07. The number of nitrogen functional groups attached to an aromatic ring is 1. The fraction of sp³-hybridized carbons (Fsp3) is 0.300. The van der Waals surface area contributed by atoms with Crippen LogP contribution in [0.4, 0.5) is 5.82 Å². The van der Waals surface area contributed by atoms with Crippen molar-refractivity contribution in [1.29, 1.82) is 5.26 Å². The van der Waals surface area contributed by atoms with Crippen LogP contribution in [0.3, 0.4) is 0 Å². The number of rotatable bonds is 1. The van der Waals surface area contributed by atoms with Gasteiger partial charge in [-0.25, -0.2) is 4.98 Å². The summed E-state index contributed by atoms with van der Waals surface area (Å²) in [6.07, 6.45) is 1.99. The number of hydrogen-bond donors (Lipinski definition) is 2. The third-order valence-electron chi connectivity index (χ3n) is 5.06. The lowest BCUT2D eigenvalue weighted by Crippen LogP contribution is -2.31. The van der Waals surface area contributed by atoms with E-state index in [-0.39, 0.29) is 5.92 Å². The minimum absolute atomic E-state index is 0.287. The molecule has 3 heterocycles. The Balaban J connectivity index is 2.08. The summed E-state index contributed by atoms with van der Waals surface area (Å²) in [5.74, 6) is 0.615. The van der Waals surface area contributed by atoms with Gasteiger partial charge in [-0.3, -0.25) is 0 Å². The Hall–Kier alpha value is -2.84. The zero-order valence-electron chi connectivity index (χ0n) is 14.7. The molecule has 2 aromatic heterocycles. The maximum atomic E-state index is 9.75. The first-order chi connectivity index (χ1) is 12.0. The molecule has 0 amide bonds. The number of fused-ring (bicyclic) bond motifs is 2. The van der Waals surface area contributed by atoms with E-state index < -0.39 is 0 Å². The molecular weight excluding hydrogens is 310 g/mol. The van der Waals surface area contributed by atoms with Crippen LogP contribution in [0, 0.1) is 18.3 Å². The lowest BCUT2D eigenvalue weighted by molar-refractivity contribution is 0.285. The molecule has 0 bridgehead atoms. The number of H-pyrrole nitrogens is 1. The summed E-state index contributed by atoms with van der Waals surface area (Å²) >= 11 is 0. The van der Waals surface area contributed by atoms with Crippen LogP contribution in [0.15, 0.2) is 24.4 Å². The predicted molar refractivity (Wildman–Crippen MR) is 100 cm³/mol. The highest BCUT2D eigenvalue weighted by Crippen LogP contribution is 2.40. The van der Waals surface area contributed by atoms with E-state index in [1.807, 2.05) is 6.20 Å². The molecule has 0 radical (unpaired) electrons. The molecule has 5 heteroatoms. The van der Waals surface area contributed by atoms with E-state index >= 15 is 0 Å². The van der Waals surface area contributed by atoms with Crippen LogP contribution in [0.5, 0.6) is 0 Å². The first-order valence-corrected chi connectivity index (χ1v) is 8.48. The van der Waals surface area contributed by atoms with Gasteiger partial charge in [0.15, 0.2) is 0 Å². The van der Waals surface area contributed by atoms with Crippen molar-refractivity contribution in [2.75, 3.05) is 19.3 Å². The minimum atomic E-state index is 0.287. The molecule has 0 fully saturated rings. The number of benzene rings is 1. The Morgan fingerprint density at radius 2 is 2.20 bits per heavy atom. The van der Waals surface area contributed by atoms with Crippen LogP contribution >= 0.6 is 0 Å². The first kappa shape index (κ1) is 15.7. The Labute approximate surface area is 147 Å². The highest BCUT2D eigenvalue weighted by atomic mass is 15.1. The van der Waals surface area contributed by atoms with E-state index in [9.17, 15) is 5.26 Å². The van der Waals surface area contributed by atoms with Crippen molar-refractivity contribution < 1.29 is 0 Å². The number of nitrogens with zero attached hydrogens (tertiary/aromatic N) is 3. The molecular formula is C20H21N5. The second kappa shape index (κ2) is 5.61. The topological polar surface area (TPSA) is 81.7 Å². The predicted octanol–water partition coefficient (Wildman–Crippen LogP) is 3.54. The van der Waals surface area contributed by atoms with Crippen LogP contribution in [0.2, 0.25) is 0 Å². The molecule has 25 heavy (non-hydrogen) atoms. The van der Waals surface area contributed by atoms with Gasteiger partial charge in [0.05, 0.1) is 5.69 Å². The molecule has 1 aliphatic rings. The van der Waals surface area contributed by atoms with Gasteiger partial charge in [0.2, 0.25) is 0 Å². The van der Waals surface area contributed by atoms with Crippen molar-refractivity contribution in [1.82, 2.24) is 14.9 Å². The molecule has 0 saturated heterocycles. The molecule has 3 aromatic rings. The van der Waals surface area contributed by atoms with Gasteiger partial charge in [0, 0.05) is 47.2 Å². The highest BCUT2D eigenvalue weighted by molar-refractivity contribution is 5.99. The monoisotopic (exact) mass is 331 g/mol. The van der Waals surface area contributed by atoms with Crippen LogP contribution in [0.25, 0.3) is 22.0 Å². The van der Waals surface area contributed by atoms with Gasteiger partial charge in [-0.1, -0.05) is 19.1 Å². The average Bonchev–Trinajstić information content (AvgIpc) is 2.97. The quantitative estimate of drug-likeness (QED) is 0.714. The number of nitriles is 1. The zero-order chi connectivity index (χ0) is 17.7. The van der Waals surface area contributed by atoms with Crippen molar-refractivity contribution >= 4 is 16.7 Å². The van der Waals surface area contributed by atoms with E-state index in [0.717, 1.165) is 46.4 Å². The molecule has 1 aromatic carbocycles. The molecule has 0 aliphatic carbocycles. The van der Waals surface area contributed by atoms with Crippen LogP contribution < -0.4 is 5.73 Å². The number of aryl methyl sites for hydroxylation is 1. The van der Waals surface area contributed by atoms with Gasteiger partial charge in [0.25, 0.3) is 0 Å². The Morgan fingerprint density at radius 1 is 1.40 bits per heavy atom. The molecule has 3 N–H and O–H groups in total. The van der Waals surface area contributed by atoms with Gasteiger partial charge in [-0.2, -0.15) is 5.26 Å². The summed E-state index contributed by atoms with van der Waals surface area (Å²) in [4.78, 5) is 10.2. The zero-order valence-corrected chi connectivity index (χ0v) is 14.7. The van der Waals surface area contributed by atoms with E-state index in [0.29, 0.717) is 11.4 Å². The summed E-state index contributed by atoms with van der Waals surface area (Å²) in [6.45, 7) is 5.95. The molecule has 0 spiro atoms. The largest absolute Gasteiger partial charge is 0.383 e. The maximum absolute atomic E-state index is 9.75. The molecule has 0 saturated carbocycles. The molecule has 4 rings (SSSR count). The van der Waals surface area contributed by atoms with Gasteiger partial charge in [0.1, 0.15) is 17.5 Å². The number of pyridine rings is 1. The summed E-state index contributed by atoms with van der Waals surface area (Å²) in [5, 5.41) is 10.9. The van der Waals surface area contributed by atoms with Crippen LogP contribution in [-0.2, 0) is 6.54 Å². The van der Waals surface area contributed by atoms with E-state index in [1.165, 1.54) is 5.56 Å². The van der Waals surface area contributed by atoms with Crippen LogP contribution in [-0.4, -0.2) is 28.5 Å². The van der Waals surface area contributed by atoms with Crippen LogP contribution in [0.1, 0.15) is 35.2 Å². The Morgan fingerprint density at radius 3 is 2.96 bits per heavy atom. The second-order valence-electron chi connectivity index (χ2n) is 7.07. The van der Waals surface area contributed by atoms with Crippen molar-refractivity contribution in [3.05, 3.63) is 46.8 Å². The van der Waals surface area contributed by atoms with E-state index in [1.54, 1.807) is 0 Å². The molecule has 126 valence electrons. The molecule has 1 aliphatic heterocycles. The Bertz CT molecular complexity index is 1020. The lowest BCUT2D eigenvalue weighted by atomic mass is 9.87. The number of anilines is 1. The van der Waals surface area contributed by atoms with Gasteiger partial charge >= 0.3 is 0 Å². The number of nitrogens with one attached hydrogen (secondary N) is 1. The number of likely N-dealkylation sites (N-methyl/N-ethyl adjacent to an activating group) is 1. The maximum Gasteiger partial charge on any atom is 0.142 e. The standard InChI is InChI=1S/C20H21N5/c1-11-4-5-13-15(8-23-17(13)6-11)18-14(7-21)20(22)24-19-12(2)9-25(3)10-16(18)19/h4-6,8,12,23H,9-10H2,1-3H3,(H2,22,24)/t12-/m0/s1.